The van der Waals surface area contributed by atoms with Crippen molar-refractivity contribution >= 4 is 0 Å². The minimum absolute atomic E-state index is 0.135. The average molecular weight is 258 g/mol. The number of hydrogen-bond acceptors (Lipinski definition) is 2. The maximum atomic E-state index is 9.42. The van der Waals surface area contributed by atoms with Crippen molar-refractivity contribution in [2.24, 2.45) is 23.7 Å². The smallest absolute Gasteiger partial charge is 0.115 e. The Morgan fingerprint density at radius 2 is 1.84 bits per heavy atom. The predicted octanol–water partition coefficient (Wildman–Crippen LogP) is 3.93. The summed E-state index contributed by atoms with van der Waals surface area (Å²) in [6.07, 6.45) is 2.56. The monoisotopic (exact) mass is 258 g/mol. The third-order valence-electron chi connectivity index (χ3n) is 4.98. The quantitative estimate of drug-likeness (QED) is 0.773. The molecular weight excluding hydrogens is 236 g/mol. The molecule has 1 aliphatic carbocycles. The Balaban J connectivity index is 1.96. The molecule has 5 atom stereocenters. The van der Waals surface area contributed by atoms with Gasteiger partial charge in [0, 0.05) is 5.92 Å². The van der Waals surface area contributed by atoms with Gasteiger partial charge in [-0.25, -0.2) is 0 Å². The van der Waals surface area contributed by atoms with E-state index in [2.05, 4.69) is 26.8 Å². The minimum atomic E-state index is 0.135. The SMILES string of the molecule is CC1=C[C@@H](C)[C@@H]2CO[C@H](c3ccc(O)cc3)[C@H]1[C@@H]2C. The van der Waals surface area contributed by atoms with E-state index < -0.39 is 0 Å². The van der Waals surface area contributed by atoms with Crippen LogP contribution in [0.25, 0.3) is 0 Å². The van der Waals surface area contributed by atoms with E-state index in [1.54, 1.807) is 12.1 Å². The summed E-state index contributed by atoms with van der Waals surface area (Å²) in [6, 6.07) is 7.47. The number of fused-ring (bicyclic) bond motifs is 2. The van der Waals surface area contributed by atoms with Gasteiger partial charge in [0.2, 0.25) is 0 Å². The van der Waals surface area contributed by atoms with Crippen LogP contribution in [-0.4, -0.2) is 11.7 Å². The third-order valence-corrected chi connectivity index (χ3v) is 4.98. The van der Waals surface area contributed by atoms with Gasteiger partial charge in [0.15, 0.2) is 0 Å². The van der Waals surface area contributed by atoms with Crippen LogP contribution in [0.1, 0.15) is 32.4 Å². The van der Waals surface area contributed by atoms with Gasteiger partial charge in [-0.3, -0.25) is 0 Å². The Labute approximate surface area is 115 Å². The van der Waals surface area contributed by atoms with Gasteiger partial charge in [0.05, 0.1) is 12.7 Å². The van der Waals surface area contributed by atoms with Crippen LogP contribution in [0.2, 0.25) is 0 Å². The Morgan fingerprint density at radius 1 is 1.16 bits per heavy atom. The lowest BCUT2D eigenvalue weighted by Crippen LogP contribution is -2.42. The van der Waals surface area contributed by atoms with E-state index in [9.17, 15) is 5.11 Å². The van der Waals surface area contributed by atoms with E-state index >= 15 is 0 Å². The highest BCUT2D eigenvalue weighted by Crippen LogP contribution is 2.49. The first-order chi connectivity index (χ1) is 9.08. The van der Waals surface area contributed by atoms with Crippen molar-refractivity contribution in [2.45, 2.75) is 26.9 Å². The lowest BCUT2D eigenvalue weighted by molar-refractivity contribution is -0.0934. The van der Waals surface area contributed by atoms with Gasteiger partial charge in [-0.05, 0) is 42.4 Å². The normalized spacial score (nSPS) is 37.8. The van der Waals surface area contributed by atoms with Crippen LogP contribution in [0.3, 0.4) is 0 Å². The fourth-order valence-corrected chi connectivity index (χ4v) is 3.91. The molecule has 1 aliphatic heterocycles. The minimum Gasteiger partial charge on any atom is -0.508 e. The zero-order chi connectivity index (χ0) is 13.6. The van der Waals surface area contributed by atoms with Crippen molar-refractivity contribution < 1.29 is 9.84 Å². The molecule has 2 heteroatoms. The molecule has 0 amide bonds. The van der Waals surface area contributed by atoms with Crippen molar-refractivity contribution in [1.82, 2.24) is 0 Å². The van der Waals surface area contributed by atoms with E-state index in [4.69, 9.17) is 4.74 Å². The van der Waals surface area contributed by atoms with Gasteiger partial charge in [-0.2, -0.15) is 0 Å². The number of rotatable bonds is 1. The molecular formula is C17H22O2. The molecule has 1 saturated heterocycles. The molecule has 19 heavy (non-hydrogen) atoms. The van der Waals surface area contributed by atoms with E-state index in [1.165, 1.54) is 11.1 Å². The highest BCUT2D eigenvalue weighted by atomic mass is 16.5. The molecule has 2 aliphatic rings. The Kier molecular flexibility index (Phi) is 3.14. The van der Waals surface area contributed by atoms with Gasteiger partial charge in [-0.1, -0.05) is 37.6 Å². The molecule has 3 rings (SSSR count). The maximum absolute atomic E-state index is 9.42. The number of aromatic hydroxyl groups is 1. The number of phenols is 1. The van der Waals surface area contributed by atoms with E-state index in [0.717, 1.165) is 6.61 Å². The van der Waals surface area contributed by atoms with Crippen LogP contribution >= 0.6 is 0 Å². The summed E-state index contributed by atoms with van der Waals surface area (Å²) in [5.74, 6) is 2.70. The highest BCUT2D eigenvalue weighted by Gasteiger charge is 2.43. The number of ether oxygens (including phenoxy) is 1. The van der Waals surface area contributed by atoms with Crippen LogP contribution in [0.5, 0.6) is 5.75 Å². The molecule has 0 saturated carbocycles. The first-order valence-electron chi connectivity index (χ1n) is 7.16. The Morgan fingerprint density at radius 3 is 2.53 bits per heavy atom. The van der Waals surface area contributed by atoms with Crippen molar-refractivity contribution in [3.05, 3.63) is 41.5 Å². The number of benzene rings is 1. The summed E-state index contributed by atoms with van der Waals surface area (Å²) in [5.41, 5.74) is 2.63. The molecule has 0 radical (unpaired) electrons. The predicted molar refractivity (Wildman–Crippen MR) is 75.9 cm³/mol. The molecule has 1 aromatic rings. The molecule has 2 bridgehead atoms. The lowest BCUT2D eigenvalue weighted by atomic mass is 9.64. The second kappa shape index (κ2) is 4.68. The van der Waals surface area contributed by atoms with Crippen LogP contribution in [0, 0.1) is 23.7 Å². The highest BCUT2D eigenvalue weighted by molar-refractivity contribution is 5.30. The summed E-state index contributed by atoms with van der Waals surface area (Å²) in [5, 5.41) is 9.42. The summed E-state index contributed by atoms with van der Waals surface area (Å²) in [7, 11) is 0. The fourth-order valence-electron chi connectivity index (χ4n) is 3.91. The number of allylic oxidation sites excluding steroid dienone is 1. The third kappa shape index (κ3) is 2.08. The molecule has 2 nitrogen and oxygen atoms in total. The number of hydrogen-bond donors (Lipinski definition) is 1. The summed E-state index contributed by atoms with van der Waals surface area (Å²) in [4.78, 5) is 0. The zero-order valence-corrected chi connectivity index (χ0v) is 11.8. The van der Waals surface area contributed by atoms with Gasteiger partial charge in [0.25, 0.3) is 0 Å². The molecule has 102 valence electrons. The molecule has 0 spiro atoms. The first kappa shape index (κ1) is 12.7. The van der Waals surface area contributed by atoms with Crippen molar-refractivity contribution in [2.75, 3.05) is 6.61 Å². The second-order valence-corrected chi connectivity index (χ2v) is 6.16. The molecule has 1 N–H and O–H groups in total. The molecule has 1 aromatic carbocycles. The maximum Gasteiger partial charge on any atom is 0.115 e. The van der Waals surface area contributed by atoms with Gasteiger partial charge < -0.3 is 9.84 Å². The molecule has 1 heterocycles. The second-order valence-electron chi connectivity index (χ2n) is 6.16. The Bertz CT molecular complexity index is 488. The summed E-state index contributed by atoms with van der Waals surface area (Å²) in [6.45, 7) is 7.73. The van der Waals surface area contributed by atoms with Crippen molar-refractivity contribution in [1.29, 1.82) is 0 Å². The lowest BCUT2D eigenvalue weighted by Gasteiger charge is -2.47. The molecule has 0 aromatic heterocycles. The van der Waals surface area contributed by atoms with Crippen LogP contribution in [-0.2, 0) is 4.74 Å². The van der Waals surface area contributed by atoms with Crippen molar-refractivity contribution in [3.8, 4) is 5.75 Å². The van der Waals surface area contributed by atoms with E-state index in [0.29, 0.717) is 29.4 Å². The van der Waals surface area contributed by atoms with Crippen LogP contribution in [0.4, 0.5) is 0 Å². The first-order valence-corrected chi connectivity index (χ1v) is 7.16. The Hall–Kier alpha value is -1.28. The summed E-state index contributed by atoms with van der Waals surface area (Å²) < 4.78 is 6.16. The van der Waals surface area contributed by atoms with Gasteiger partial charge in [-0.15, -0.1) is 0 Å². The van der Waals surface area contributed by atoms with Crippen LogP contribution < -0.4 is 0 Å². The van der Waals surface area contributed by atoms with E-state index in [-0.39, 0.29) is 6.10 Å². The average Bonchev–Trinajstić information content (AvgIpc) is 2.37. The fraction of sp³-hybridized carbons (Fsp3) is 0.529. The summed E-state index contributed by atoms with van der Waals surface area (Å²) >= 11 is 0. The van der Waals surface area contributed by atoms with Gasteiger partial charge in [0.1, 0.15) is 5.75 Å². The largest absolute Gasteiger partial charge is 0.508 e. The number of phenolic OH excluding ortho intramolecular Hbond substituents is 1. The van der Waals surface area contributed by atoms with Crippen molar-refractivity contribution in [3.63, 3.8) is 0 Å². The molecule has 1 fully saturated rings. The topological polar surface area (TPSA) is 29.5 Å². The zero-order valence-electron chi connectivity index (χ0n) is 11.8. The van der Waals surface area contributed by atoms with Gasteiger partial charge >= 0.3 is 0 Å². The van der Waals surface area contributed by atoms with Crippen LogP contribution in [0.15, 0.2) is 35.9 Å². The molecule has 0 unspecified atom stereocenters. The standard InChI is InChI=1S/C17H22O2/c1-10-8-11(2)16-12(3)15(10)9-19-17(16)13-4-6-14(18)7-5-13/h4-8,10,12,15-18H,9H2,1-3H3/t10-,12-,15+,16-,17-/m1/s1. The van der Waals surface area contributed by atoms with E-state index in [1.807, 2.05) is 12.1 Å².